The smallest absolute Gasteiger partial charge is 0.341 e. The van der Waals surface area contributed by atoms with Gasteiger partial charge in [-0.3, -0.25) is 0 Å². The van der Waals surface area contributed by atoms with Crippen LogP contribution in [0, 0.1) is 20.8 Å². The van der Waals surface area contributed by atoms with E-state index in [0.717, 1.165) is 22.0 Å². The molecule has 0 atom stereocenters. The second-order valence-electron chi connectivity index (χ2n) is 5.54. The molecule has 2 heterocycles. The molecule has 0 N–H and O–H groups in total. The zero-order chi connectivity index (χ0) is 17.1. The van der Waals surface area contributed by atoms with Crippen molar-refractivity contribution in [3.05, 3.63) is 63.4 Å². The number of benzene rings is 1. The van der Waals surface area contributed by atoms with E-state index in [-0.39, 0.29) is 5.97 Å². The number of hydrogen-bond acceptors (Lipinski definition) is 5. The molecule has 124 valence electrons. The lowest BCUT2D eigenvalue weighted by Crippen LogP contribution is -2.10. The summed E-state index contributed by atoms with van der Waals surface area (Å²) in [5.74, 6) is -0.325. The van der Waals surface area contributed by atoms with Gasteiger partial charge in [-0.15, -0.1) is 11.3 Å². The minimum atomic E-state index is -0.325. The Kier molecular flexibility index (Phi) is 4.76. The van der Waals surface area contributed by atoms with E-state index in [1.807, 2.05) is 56.6 Å². The number of esters is 1. The van der Waals surface area contributed by atoms with Crippen LogP contribution in [0.3, 0.4) is 0 Å². The van der Waals surface area contributed by atoms with Crippen molar-refractivity contribution in [1.82, 2.24) is 14.8 Å². The second-order valence-corrected chi connectivity index (χ2v) is 6.48. The molecule has 0 aliphatic heterocycles. The van der Waals surface area contributed by atoms with Gasteiger partial charge in [-0.05, 0) is 32.9 Å². The normalized spacial score (nSPS) is 10.8. The summed E-state index contributed by atoms with van der Waals surface area (Å²) in [6.45, 7) is 6.02. The average Bonchev–Trinajstić information content (AvgIpc) is 3.11. The van der Waals surface area contributed by atoms with Crippen molar-refractivity contribution < 1.29 is 9.53 Å². The lowest BCUT2D eigenvalue weighted by Gasteiger charge is -2.06. The number of hydrogen-bond donors (Lipinski definition) is 0. The highest BCUT2D eigenvalue weighted by molar-refractivity contribution is 7.09. The molecule has 0 unspecified atom stereocenters. The maximum atomic E-state index is 12.5. The summed E-state index contributed by atoms with van der Waals surface area (Å²) < 4.78 is 7.23. The fourth-order valence-corrected chi connectivity index (χ4v) is 3.40. The van der Waals surface area contributed by atoms with Crippen LogP contribution >= 0.6 is 11.3 Å². The number of ether oxygens (including phenoxy) is 1. The van der Waals surface area contributed by atoms with Crippen LogP contribution in [0.25, 0.3) is 5.69 Å². The van der Waals surface area contributed by atoms with E-state index in [9.17, 15) is 4.79 Å². The van der Waals surface area contributed by atoms with E-state index in [2.05, 4.69) is 10.1 Å². The van der Waals surface area contributed by atoms with Crippen molar-refractivity contribution in [2.75, 3.05) is 6.61 Å². The minimum Gasteiger partial charge on any atom is -0.462 e. The average molecular weight is 341 g/mol. The summed E-state index contributed by atoms with van der Waals surface area (Å²) in [6.07, 6.45) is 0.688. The number of nitrogens with zero attached hydrogens (tertiary/aromatic N) is 3. The lowest BCUT2D eigenvalue weighted by molar-refractivity contribution is 0.0508. The molecule has 3 aromatic rings. The highest BCUT2D eigenvalue weighted by Crippen LogP contribution is 2.19. The number of para-hydroxylation sites is 1. The zero-order valence-corrected chi connectivity index (χ0v) is 14.8. The Morgan fingerprint density at radius 3 is 2.58 bits per heavy atom. The van der Waals surface area contributed by atoms with Crippen LogP contribution < -0.4 is 0 Å². The van der Waals surface area contributed by atoms with Crippen LogP contribution in [0.5, 0.6) is 0 Å². The van der Waals surface area contributed by atoms with Crippen molar-refractivity contribution >= 4 is 17.3 Å². The summed E-state index contributed by atoms with van der Waals surface area (Å²) >= 11 is 1.59. The summed E-state index contributed by atoms with van der Waals surface area (Å²) in [5.41, 5.74) is 5.75. The van der Waals surface area contributed by atoms with Gasteiger partial charge in [0.2, 0.25) is 0 Å². The highest BCUT2D eigenvalue weighted by atomic mass is 32.1. The van der Waals surface area contributed by atoms with Gasteiger partial charge in [0.05, 0.1) is 34.9 Å². The molecule has 0 radical (unpaired) electrons. The molecule has 0 amide bonds. The fourth-order valence-electron chi connectivity index (χ4n) is 2.63. The second kappa shape index (κ2) is 6.97. The molecule has 0 bridgehead atoms. The number of carbonyl (C=O) groups is 1. The Balaban J connectivity index is 1.73. The maximum Gasteiger partial charge on any atom is 0.341 e. The van der Waals surface area contributed by atoms with Crippen LogP contribution in [0.2, 0.25) is 0 Å². The van der Waals surface area contributed by atoms with Gasteiger partial charge >= 0.3 is 5.97 Å². The first kappa shape index (κ1) is 16.4. The third kappa shape index (κ3) is 3.23. The predicted molar refractivity (Wildman–Crippen MR) is 93.9 cm³/mol. The topological polar surface area (TPSA) is 57.0 Å². The van der Waals surface area contributed by atoms with Gasteiger partial charge in [0.1, 0.15) is 5.56 Å². The van der Waals surface area contributed by atoms with Gasteiger partial charge in [0, 0.05) is 11.3 Å². The van der Waals surface area contributed by atoms with Gasteiger partial charge in [0.25, 0.3) is 0 Å². The molecule has 6 heteroatoms. The van der Waals surface area contributed by atoms with Crippen LogP contribution in [0.15, 0.2) is 35.8 Å². The summed E-state index contributed by atoms with van der Waals surface area (Å²) in [6, 6.07) is 9.76. The largest absolute Gasteiger partial charge is 0.462 e. The summed E-state index contributed by atoms with van der Waals surface area (Å²) in [5, 5.41) is 4.48. The van der Waals surface area contributed by atoms with Gasteiger partial charge in [-0.1, -0.05) is 18.2 Å². The number of aromatic nitrogens is 3. The molecular weight excluding hydrogens is 322 g/mol. The van der Waals surface area contributed by atoms with E-state index >= 15 is 0 Å². The number of rotatable bonds is 5. The third-order valence-electron chi connectivity index (χ3n) is 3.90. The monoisotopic (exact) mass is 341 g/mol. The number of carbonyl (C=O) groups excluding carboxylic acids is 1. The molecule has 24 heavy (non-hydrogen) atoms. The van der Waals surface area contributed by atoms with Crippen molar-refractivity contribution in [1.29, 1.82) is 0 Å². The van der Waals surface area contributed by atoms with E-state index in [0.29, 0.717) is 24.3 Å². The Bertz CT molecular complexity index is 853. The quantitative estimate of drug-likeness (QED) is 0.665. The predicted octanol–water partition coefficient (Wildman–Crippen LogP) is 3.65. The van der Waals surface area contributed by atoms with Crippen LogP contribution in [0.1, 0.15) is 32.3 Å². The minimum absolute atomic E-state index is 0.325. The molecule has 1 aromatic carbocycles. The van der Waals surface area contributed by atoms with Gasteiger partial charge < -0.3 is 4.74 Å². The number of thiazole rings is 1. The van der Waals surface area contributed by atoms with Gasteiger partial charge in [-0.25, -0.2) is 14.5 Å². The van der Waals surface area contributed by atoms with E-state index in [1.54, 1.807) is 16.0 Å². The molecule has 0 aliphatic carbocycles. The Labute approximate surface area is 144 Å². The van der Waals surface area contributed by atoms with Gasteiger partial charge in [0.15, 0.2) is 0 Å². The first-order chi connectivity index (χ1) is 11.6. The number of aryl methyl sites for hydroxylation is 2. The molecular formula is C18H19N3O2S. The molecule has 0 spiro atoms. The van der Waals surface area contributed by atoms with E-state index in [1.165, 1.54) is 0 Å². The maximum absolute atomic E-state index is 12.5. The molecule has 3 rings (SSSR count). The molecule has 2 aromatic heterocycles. The van der Waals surface area contributed by atoms with Crippen molar-refractivity contribution in [3.63, 3.8) is 0 Å². The standard InChI is InChI=1S/C18H19N3O2S/c1-12-16(24-11-19-12)9-10-23-18(22)17-13(2)20-21(14(17)3)15-7-5-4-6-8-15/h4-8,11H,9-10H2,1-3H3. The highest BCUT2D eigenvalue weighted by Gasteiger charge is 2.20. The lowest BCUT2D eigenvalue weighted by atomic mass is 10.2. The summed E-state index contributed by atoms with van der Waals surface area (Å²) in [7, 11) is 0. The zero-order valence-electron chi connectivity index (χ0n) is 13.9. The van der Waals surface area contributed by atoms with Crippen molar-refractivity contribution in [3.8, 4) is 5.69 Å². The van der Waals surface area contributed by atoms with Crippen LogP contribution in [0.4, 0.5) is 0 Å². The molecule has 0 saturated carbocycles. The first-order valence-electron chi connectivity index (χ1n) is 7.75. The summed E-state index contributed by atoms with van der Waals surface area (Å²) in [4.78, 5) is 17.8. The third-order valence-corrected chi connectivity index (χ3v) is 4.90. The molecule has 0 fully saturated rings. The Morgan fingerprint density at radius 1 is 1.17 bits per heavy atom. The molecule has 5 nitrogen and oxygen atoms in total. The van der Waals surface area contributed by atoms with E-state index < -0.39 is 0 Å². The Morgan fingerprint density at radius 2 is 1.92 bits per heavy atom. The van der Waals surface area contributed by atoms with Crippen LogP contribution in [-0.4, -0.2) is 27.3 Å². The SMILES string of the molecule is Cc1ncsc1CCOC(=O)c1c(C)nn(-c2ccccc2)c1C. The first-order valence-corrected chi connectivity index (χ1v) is 8.63. The Hall–Kier alpha value is -2.47. The van der Waals surface area contributed by atoms with Gasteiger partial charge in [-0.2, -0.15) is 5.10 Å². The fraction of sp³-hybridized carbons (Fsp3) is 0.278. The van der Waals surface area contributed by atoms with Crippen LogP contribution in [-0.2, 0) is 11.2 Å². The van der Waals surface area contributed by atoms with Crippen molar-refractivity contribution in [2.24, 2.45) is 0 Å². The molecule has 0 saturated heterocycles. The van der Waals surface area contributed by atoms with Crippen molar-refractivity contribution in [2.45, 2.75) is 27.2 Å². The molecule has 0 aliphatic rings. The van der Waals surface area contributed by atoms with E-state index in [4.69, 9.17) is 4.74 Å².